The van der Waals surface area contributed by atoms with Crippen molar-refractivity contribution in [3.8, 4) is 11.5 Å². The number of carbonyl (C=O) groups is 1. The van der Waals surface area contributed by atoms with E-state index in [9.17, 15) is 4.79 Å². The normalized spacial score (nSPS) is 14.5. The van der Waals surface area contributed by atoms with Crippen LogP contribution in [0.4, 0.5) is 5.69 Å². The van der Waals surface area contributed by atoms with Crippen LogP contribution in [0.5, 0.6) is 11.5 Å². The first kappa shape index (κ1) is 20.6. The van der Waals surface area contributed by atoms with E-state index in [1.165, 1.54) is 0 Å². The molecule has 0 saturated heterocycles. The third kappa shape index (κ3) is 4.83. The maximum absolute atomic E-state index is 12.7. The summed E-state index contributed by atoms with van der Waals surface area (Å²) in [5.74, 6) is 1.24. The highest BCUT2D eigenvalue weighted by atomic mass is 16.5. The summed E-state index contributed by atoms with van der Waals surface area (Å²) in [6.07, 6.45) is -0.415. The van der Waals surface area contributed by atoms with Gasteiger partial charge in [-0.1, -0.05) is 72.8 Å². The molecule has 5 nitrogen and oxygen atoms in total. The second-order valence-corrected chi connectivity index (χ2v) is 7.84. The zero-order chi connectivity index (χ0) is 22.5. The SMILES string of the molecule is O=C1N[C@H](c2ccc(OCc3ccccc3)cc2OCc2ccccc2)Nc2ccccc21. The average molecular weight is 437 g/mol. The van der Waals surface area contributed by atoms with Crippen LogP contribution in [0.15, 0.2) is 103 Å². The van der Waals surface area contributed by atoms with Gasteiger partial charge in [0.1, 0.15) is 30.9 Å². The van der Waals surface area contributed by atoms with Gasteiger partial charge in [-0.05, 0) is 35.4 Å². The highest BCUT2D eigenvalue weighted by Crippen LogP contribution is 2.34. The van der Waals surface area contributed by atoms with Gasteiger partial charge in [0, 0.05) is 17.3 Å². The van der Waals surface area contributed by atoms with E-state index in [1.807, 2.05) is 97.1 Å². The van der Waals surface area contributed by atoms with Crippen molar-refractivity contribution >= 4 is 11.6 Å². The Hall–Kier alpha value is -4.25. The zero-order valence-electron chi connectivity index (χ0n) is 18.0. The van der Waals surface area contributed by atoms with Gasteiger partial charge >= 0.3 is 0 Å². The lowest BCUT2D eigenvalue weighted by Gasteiger charge is -2.29. The minimum Gasteiger partial charge on any atom is -0.489 e. The average Bonchev–Trinajstić information content (AvgIpc) is 2.87. The summed E-state index contributed by atoms with van der Waals surface area (Å²) in [6, 6.07) is 33.2. The zero-order valence-corrected chi connectivity index (χ0v) is 18.0. The van der Waals surface area contributed by atoms with Crippen molar-refractivity contribution in [1.29, 1.82) is 0 Å². The Morgan fingerprint density at radius 1 is 0.667 bits per heavy atom. The molecule has 2 N–H and O–H groups in total. The van der Waals surface area contributed by atoms with Crippen molar-refractivity contribution in [2.75, 3.05) is 5.32 Å². The van der Waals surface area contributed by atoms with Crippen molar-refractivity contribution in [1.82, 2.24) is 5.32 Å². The molecule has 0 aliphatic carbocycles. The molecule has 0 bridgehead atoms. The van der Waals surface area contributed by atoms with E-state index in [4.69, 9.17) is 9.47 Å². The Bertz CT molecular complexity index is 1240. The summed E-state index contributed by atoms with van der Waals surface area (Å²) in [5, 5.41) is 6.44. The van der Waals surface area contributed by atoms with Crippen molar-refractivity contribution in [3.63, 3.8) is 0 Å². The van der Waals surface area contributed by atoms with Crippen LogP contribution in [0.25, 0.3) is 0 Å². The first-order chi connectivity index (χ1) is 16.3. The Balaban J connectivity index is 1.41. The molecule has 1 heterocycles. The van der Waals surface area contributed by atoms with E-state index in [1.54, 1.807) is 6.07 Å². The van der Waals surface area contributed by atoms with Gasteiger partial charge in [0.15, 0.2) is 0 Å². The standard InChI is InChI=1S/C28H24N2O3/c31-28-23-13-7-8-14-25(23)29-27(30-28)24-16-15-22(32-18-20-9-3-1-4-10-20)17-26(24)33-19-21-11-5-2-6-12-21/h1-17,27,29H,18-19H2,(H,30,31)/t27-/m1/s1. The van der Waals surface area contributed by atoms with Gasteiger partial charge in [0.25, 0.3) is 5.91 Å². The number of hydrogen-bond donors (Lipinski definition) is 2. The molecule has 0 unspecified atom stereocenters. The van der Waals surface area contributed by atoms with Crippen LogP contribution in [0, 0.1) is 0 Å². The fraction of sp³-hybridized carbons (Fsp3) is 0.107. The number of benzene rings is 4. The minimum atomic E-state index is -0.415. The van der Waals surface area contributed by atoms with Crippen LogP contribution in [-0.2, 0) is 13.2 Å². The van der Waals surface area contributed by atoms with Gasteiger partial charge in [0.2, 0.25) is 0 Å². The largest absolute Gasteiger partial charge is 0.489 e. The molecular weight excluding hydrogens is 412 g/mol. The maximum atomic E-state index is 12.7. The number of carbonyl (C=O) groups excluding carboxylic acids is 1. The lowest BCUT2D eigenvalue weighted by Crippen LogP contribution is -2.38. The summed E-state index contributed by atoms with van der Waals surface area (Å²) < 4.78 is 12.2. The van der Waals surface area contributed by atoms with Gasteiger partial charge < -0.3 is 20.1 Å². The van der Waals surface area contributed by atoms with E-state index in [-0.39, 0.29) is 5.91 Å². The fourth-order valence-electron chi connectivity index (χ4n) is 3.81. The van der Waals surface area contributed by atoms with Crippen LogP contribution in [0.3, 0.4) is 0 Å². The minimum absolute atomic E-state index is 0.118. The van der Waals surface area contributed by atoms with E-state index in [2.05, 4.69) is 10.6 Å². The van der Waals surface area contributed by atoms with Crippen molar-refractivity contribution in [2.24, 2.45) is 0 Å². The molecule has 5 heteroatoms. The molecule has 0 spiro atoms. The number of rotatable bonds is 7. The molecule has 1 aliphatic heterocycles. The van der Waals surface area contributed by atoms with E-state index in [0.29, 0.717) is 30.3 Å². The van der Waals surface area contributed by atoms with E-state index >= 15 is 0 Å². The van der Waals surface area contributed by atoms with Crippen LogP contribution >= 0.6 is 0 Å². The van der Waals surface area contributed by atoms with Crippen molar-refractivity contribution in [3.05, 3.63) is 125 Å². The Labute approximate surface area is 193 Å². The van der Waals surface area contributed by atoms with Crippen LogP contribution in [0.2, 0.25) is 0 Å². The lowest BCUT2D eigenvalue weighted by atomic mass is 10.0. The number of anilines is 1. The number of nitrogens with one attached hydrogen (secondary N) is 2. The van der Waals surface area contributed by atoms with Crippen LogP contribution in [-0.4, -0.2) is 5.91 Å². The number of fused-ring (bicyclic) bond motifs is 1. The quantitative estimate of drug-likeness (QED) is 0.390. The molecule has 5 rings (SSSR count). The molecule has 0 aromatic heterocycles. The molecule has 1 amide bonds. The summed E-state index contributed by atoms with van der Waals surface area (Å²) in [7, 11) is 0. The van der Waals surface area contributed by atoms with E-state index < -0.39 is 6.17 Å². The number of ether oxygens (including phenoxy) is 2. The number of para-hydroxylation sites is 1. The van der Waals surface area contributed by atoms with Crippen molar-refractivity contribution < 1.29 is 14.3 Å². The smallest absolute Gasteiger partial charge is 0.255 e. The van der Waals surface area contributed by atoms with Gasteiger partial charge in [0.05, 0.1) is 5.56 Å². The molecule has 0 fully saturated rings. The third-order valence-electron chi connectivity index (χ3n) is 5.53. The second-order valence-electron chi connectivity index (χ2n) is 7.84. The lowest BCUT2D eigenvalue weighted by molar-refractivity contribution is 0.0935. The molecule has 4 aromatic carbocycles. The molecule has 33 heavy (non-hydrogen) atoms. The van der Waals surface area contributed by atoms with Crippen LogP contribution in [0.1, 0.15) is 33.2 Å². The Morgan fingerprint density at radius 3 is 2.03 bits per heavy atom. The fourth-order valence-corrected chi connectivity index (χ4v) is 3.81. The summed E-state index contributed by atoms with van der Waals surface area (Å²) in [6.45, 7) is 0.872. The van der Waals surface area contributed by atoms with Gasteiger partial charge in [-0.25, -0.2) is 0 Å². The van der Waals surface area contributed by atoms with E-state index in [0.717, 1.165) is 22.4 Å². The van der Waals surface area contributed by atoms with Crippen LogP contribution < -0.4 is 20.1 Å². The highest BCUT2D eigenvalue weighted by Gasteiger charge is 2.26. The molecule has 0 saturated carbocycles. The molecular formula is C28H24N2O3. The Morgan fingerprint density at radius 2 is 1.30 bits per heavy atom. The highest BCUT2D eigenvalue weighted by molar-refractivity contribution is 6.01. The van der Waals surface area contributed by atoms with Gasteiger partial charge in [-0.15, -0.1) is 0 Å². The summed E-state index contributed by atoms with van der Waals surface area (Å²) in [5.41, 5.74) is 4.41. The van der Waals surface area contributed by atoms with Gasteiger partial charge in [-0.3, -0.25) is 4.79 Å². The molecule has 0 radical (unpaired) electrons. The first-order valence-electron chi connectivity index (χ1n) is 10.9. The molecule has 164 valence electrons. The van der Waals surface area contributed by atoms with Crippen molar-refractivity contribution in [2.45, 2.75) is 19.4 Å². The monoisotopic (exact) mass is 436 g/mol. The Kier molecular flexibility index (Phi) is 5.93. The topological polar surface area (TPSA) is 59.6 Å². The summed E-state index contributed by atoms with van der Waals surface area (Å²) >= 11 is 0. The van der Waals surface area contributed by atoms with Gasteiger partial charge in [-0.2, -0.15) is 0 Å². The predicted molar refractivity (Wildman–Crippen MR) is 128 cm³/mol. The third-order valence-corrected chi connectivity index (χ3v) is 5.53. The first-order valence-corrected chi connectivity index (χ1v) is 10.9. The summed E-state index contributed by atoms with van der Waals surface area (Å²) in [4.78, 5) is 12.7. The maximum Gasteiger partial charge on any atom is 0.255 e. The number of hydrogen-bond acceptors (Lipinski definition) is 4. The second kappa shape index (κ2) is 9.49. The predicted octanol–water partition coefficient (Wildman–Crippen LogP) is 5.70. The molecule has 1 atom stereocenters. The molecule has 1 aliphatic rings. The number of amides is 1. The molecule has 4 aromatic rings.